The minimum atomic E-state index is -0.399. The Morgan fingerprint density at radius 2 is 2.00 bits per heavy atom. The largest absolute Gasteiger partial charge is 0.356 e. The first kappa shape index (κ1) is 18.3. The molecule has 0 saturated heterocycles. The molecule has 6 nitrogen and oxygen atoms in total. The van der Waals surface area contributed by atoms with Crippen LogP contribution in [0, 0.1) is 10.1 Å². The summed E-state index contributed by atoms with van der Waals surface area (Å²) in [6.07, 6.45) is 1.72. The molecule has 0 radical (unpaired) electrons. The molecule has 0 aliphatic heterocycles. The first-order chi connectivity index (χ1) is 9.15. The molecule has 112 valence electrons. The second-order valence-corrected chi connectivity index (χ2v) is 4.19. The average Bonchev–Trinajstić information content (AvgIpc) is 2.39. The summed E-state index contributed by atoms with van der Waals surface area (Å²) < 4.78 is 0. The Balaban J connectivity index is 0.00000361. The minimum Gasteiger partial charge on any atom is -0.356 e. The molecule has 0 aliphatic rings. The van der Waals surface area contributed by atoms with Crippen LogP contribution in [0.1, 0.15) is 18.4 Å². The van der Waals surface area contributed by atoms with Crippen molar-refractivity contribution in [3.05, 3.63) is 39.9 Å². The Bertz CT molecular complexity index is 441. The normalized spacial score (nSPS) is 9.65. The van der Waals surface area contributed by atoms with E-state index in [2.05, 4.69) is 10.6 Å². The van der Waals surface area contributed by atoms with Gasteiger partial charge in [-0.3, -0.25) is 14.9 Å². The molecule has 7 heteroatoms. The number of nitro groups is 1. The first-order valence-corrected chi connectivity index (χ1v) is 6.28. The number of amides is 1. The summed E-state index contributed by atoms with van der Waals surface area (Å²) >= 11 is 0. The first-order valence-electron chi connectivity index (χ1n) is 6.28. The number of nitro benzene ring substituents is 1. The highest BCUT2D eigenvalue weighted by Crippen LogP contribution is 2.17. The Labute approximate surface area is 124 Å². The Morgan fingerprint density at radius 1 is 1.30 bits per heavy atom. The van der Waals surface area contributed by atoms with Crippen molar-refractivity contribution in [1.82, 2.24) is 10.6 Å². The number of para-hydroxylation sites is 1. The van der Waals surface area contributed by atoms with E-state index < -0.39 is 4.92 Å². The highest BCUT2D eigenvalue weighted by molar-refractivity contribution is 5.85. The molecule has 2 N–H and O–H groups in total. The second kappa shape index (κ2) is 10.2. The predicted octanol–water partition coefficient (Wildman–Crippen LogP) is 1.67. The molecule has 0 saturated carbocycles. The Morgan fingerprint density at radius 3 is 2.65 bits per heavy atom. The van der Waals surface area contributed by atoms with E-state index in [0.29, 0.717) is 24.9 Å². The smallest absolute Gasteiger partial charge is 0.272 e. The van der Waals surface area contributed by atoms with E-state index in [4.69, 9.17) is 0 Å². The van der Waals surface area contributed by atoms with Gasteiger partial charge in [-0.05, 0) is 26.4 Å². The number of carbonyl (C=O) groups excluding carboxylic acids is 1. The van der Waals surface area contributed by atoms with Gasteiger partial charge in [-0.1, -0.05) is 18.2 Å². The SMILES string of the molecule is CNCCCC(=O)NCCc1ccccc1[N+](=O)[O-].Cl. The molecule has 0 fully saturated rings. The molecule has 0 aliphatic carbocycles. The number of carbonyl (C=O) groups is 1. The fourth-order valence-corrected chi connectivity index (χ4v) is 1.75. The topological polar surface area (TPSA) is 84.3 Å². The van der Waals surface area contributed by atoms with Crippen molar-refractivity contribution in [2.45, 2.75) is 19.3 Å². The summed E-state index contributed by atoms with van der Waals surface area (Å²) in [5.41, 5.74) is 0.745. The molecule has 1 rings (SSSR count). The minimum absolute atomic E-state index is 0. The standard InChI is InChI=1S/C13H19N3O3.ClH/c1-14-9-4-7-13(17)15-10-8-11-5-2-3-6-12(11)16(18)19;/h2-3,5-6,14H,4,7-10H2,1H3,(H,15,17);1H. The molecule has 0 spiro atoms. The van der Waals surface area contributed by atoms with E-state index in [1.54, 1.807) is 18.2 Å². The van der Waals surface area contributed by atoms with Gasteiger partial charge in [0.25, 0.3) is 5.69 Å². The number of halogens is 1. The summed E-state index contributed by atoms with van der Waals surface area (Å²) in [5, 5.41) is 16.5. The van der Waals surface area contributed by atoms with Crippen molar-refractivity contribution >= 4 is 24.0 Å². The van der Waals surface area contributed by atoms with Crippen LogP contribution in [-0.2, 0) is 11.2 Å². The highest BCUT2D eigenvalue weighted by Gasteiger charge is 2.11. The van der Waals surface area contributed by atoms with E-state index in [1.807, 2.05) is 7.05 Å². The van der Waals surface area contributed by atoms with E-state index in [0.717, 1.165) is 13.0 Å². The summed E-state index contributed by atoms with van der Waals surface area (Å²) in [7, 11) is 1.84. The third-order valence-electron chi connectivity index (χ3n) is 2.74. The fraction of sp³-hybridized carbons (Fsp3) is 0.462. The maximum Gasteiger partial charge on any atom is 0.272 e. The summed E-state index contributed by atoms with van der Waals surface area (Å²) in [6.45, 7) is 1.22. The van der Waals surface area contributed by atoms with Gasteiger partial charge in [0, 0.05) is 24.6 Å². The molecular formula is C13H20ClN3O3. The van der Waals surface area contributed by atoms with E-state index in [9.17, 15) is 14.9 Å². The lowest BCUT2D eigenvalue weighted by molar-refractivity contribution is -0.385. The van der Waals surface area contributed by atoms with Crippen LogP contribution in [0.5, 0.6) is 0 Å². The summed E-state index contributed by atoms with van der Waals surface area (Å²) in [4.78, 5) is 21.9. The van der Waals surface area contributed by atoms with E-state index >= 15 is 0 Å². The number of hydrogen-bond acceptors (Lipinski definition) is 4. The average molecular weight is 302 g/mol. The number of nitrogens with zero attached hydrogens (tertiary/aromatic N) is 1. The zero-order valence-electron chi connectivity index (χ0n) is 11.4. The fourth-order valence-electron chi connectivity index (χ4n) is 1.75. The van der Waals surface area contributed by atoms with Gasteiger partial charge >= 0.3 is 0 Å². The lowest BCUT2D eigenvalue weighted by atomic mass is 10.1. The van der Waals surface area contributed by atoms with Gasteiger partial charge in [-0.25, -0.2) is 0 Å². The molecule has 1 amide bonds. The molecule has 20 heavy (non-hydrogen) atoms. The third kappa shape index (κ3) is 6.49. The van der Waals surface area contributed by atoms with Crippen molar-refractivity contribution < 1.29 is 9.72 Å². The van der Waals surface area contributed by atoms with Crippen LogP contribution in [0.2, 0.25) is 0 Å². The van der Waals surface area contributed by atoms with Crippen LogP contribution in [0.3, 0.4) is 0 Å². The van der Waals surface area contributed by atoms with Gasteiger partial charge < -0.3 is 10.6 Å². The molecule has 0 aromatic heterocycles. The molecular weight excluding hydrogens is 282 g/mol. The number of rotatable bonds is 8. The second-order valence-electron chi connectivity index (χ2n) is 4.19. The lowest BCUT2D eigenvalue weighted by Gasteiger charge is -2.05. The van der Waals surface area contributed by atoms with Crippen molar-refractivity contribution in [1.29, 1.82) is 0 Å². The van der Waals surface area contributed by atoms with Gasteiger partial charge in [0.15, 0.2) is 0 Å². The summed E-state index contributed by atoms with van der Waals surface area (Å²) in [5.74, 6) is -0.0196. The third-order valence-corrected chi connectivity index (χ3v) is 2.74. The zero-order valence-corrected chi connectivity index (χ0v) is 12.2. The number of nitrogens with one attached hydrogen (secondary N) is 2. The van der Waals surface area contributed by atoms with Gasteiger partial charge in [0.1, 0.15) is 0 Å². The maximum atomic E-state index is 11.5. The summed E-state index contributed by atoms with van der Waals surface area (Å²) in [6, 6.07) is 6.59. The molecule has 0 atom stereocenters. The van der Waals surface area contributed by atoms with Gasteiger partial charge in [0.2, 0.25) is 5.91 Å². The van der Waals surface area contributed by atoms with Crippen LogP contribution in [-0.4, -0.2) is 31.0 Å². The zero-order chi connectivity index (χ0) is 14.1. The van der Waals surface area contributed by atoms with Crippen LogP contribution < -0.4 is 10.6 Å². The molecule has 1 aromatic carbocycles. The highest BCUT2D eigenvalue weighted by atomic mass is 35.5. The molecule has 0 bridgehead atoms. The predicted molar refractivity (Wildman–Crippen MR) is 80.2 cm³/mol. The van der Waals surface area contributed by atoms with Gasteiger partial charge in [0.05, 0.1) is 4.92 Å². The van der Waals surface area contributed by atoms with E-state index in [1.165, 1.54) is 6.07 Å². The Hall–Kier alpha value is -1.66. The molecule has 0 heterocycles. The Kier molecular flexibility index (Phi) is 9.32. The van der Waals surface area contributed by atoms with Crippen LogP contribution in [0.4, 0.5) is 5.69 Å². The van der Waals surface area contributed by atoms with Crippen molar-refractivity contribution in [2.24, 2.45) is 0 Å². The molecule has 0 unspecified atom stereocenters. The van der Waals surface area contributed by atoms with Crippen LogP contribution in [0.25, 0.3) is 0 Å². The lowest BCUT2D eigenvalue weighted by Crippen LogP contribution is -2.26. The number of benzene rings is 1. The molecule has 1 aromatic rings. The van der Waals surface area contributed by atoms with Crippen LogP contribution >= 0.6 is 12.4 Å². The monoisotopic (exact) mass is 301 g/mol. The van der Waals surface area contributed by atoms with Crippen molar-refractivity contribution in [2.75, 3.05) is 20.1 Å². The van der Waals surface area contributed by atoms with Crippen molar-refractivity contribution in [3.8, 4) is 0 Å². The van der Waals surface area contributed by atoms with E-state index in [-0.39, 0.29) is 24.0 Å². The maximum absolute atomic E-state index is 11.5. The van der Waals surface area contributed by atoms with Gasteiger partial charge in [-0.2, -0.15) is 0 Å². The number of hydrogen-bond donors (Lipinski definition) is 2. The van der Waals surface area contributed by atoms with Gasteiger partial charge in [-0.15, -0.1) is 12.4 Å². The van der Waals surface area contributed by atoms with Crippen LogP contribution in [0.15, 0.2) is 24.3 Å². The quantitative estimate of drug-likeness (QED) is 0.434. The van der Waals surface area contributed by atoms with Crippen molar-refractivity contribution in [3.63, 3.8) is 0 Å².